The van der Waals surface area contributed by atoms with Crippen molar-refractivity contribution in [2.24, 2.45) is 5.41 Å². The number of hydrogen-bond donors (Lipinski definition) is 3. The first kappa shape index (κ1) is 41.1. The van der Waals surface area contributed by atoms with E-state index in [1.54, 1.807) is 13.2 Å². The van der Waals surface area contributed by atoms with Crippen LogP contribution in [0, 0.1) is 5.41 Å². The van der Waals surface area contributed by atoms with Crippen LogP contribution in [0.25, 0.3) is 16.9 Å². The fraction of sp³-hybridized carbons (Fsp3) is 0.372. The van der Waals surface area contributed by atoms with E-state index in [4.69, 9.17) is 33.3 Å². The average Bonchev–Trinajstić information content (AvgIpc) is 3.56. The lowest BCUT2D eigenvalue weighted by atomic mass is 9.69. The summed E-state index contributed by atoms with van der Waals surface area (Å²) in [6.07, 6.45) is 3.25. The predicted molar refractivity (Wildman–Crippen MR) is 229 cm³/mol. The van der Waals surface area contributed by atoms with Crippen molar-refractivity contribution in [3.8, 4) is 11.3 Å². The average molecular weight is 903 g/mol. The van der Waals surface area contributed by atoms with Crippen molar-refractivity contribution in [1.82, 2.24) is 40.0 Å². The van der Waals surface area contributed by atoms with Gasteiger partial charge in [-0.15, -0.1) is 5.10 Å². The lowest BCUT2D eigenvalue weighted by molar-refractivity contribution is -0.220. The van der Waals surface area contributed by atoms with E-state index >= 15 is 8.78 Å². The summed E-state index contributed by atoms with van der Waals surface area (Å²) >= 11 is 13.1. The zero-order valence-electron chi connectivity index (χ0n) is 33.8. The van der Waals surface area contributed by atoms with Crippen LogP contribution in [-0.4, -0.2) is 118 Å². The van der Waals surface area contributed by atoms with Crippen LogP contribution in [0.4, 0.5) is 40.8 Å². The smallest absolute Gasteiger partial charge is 0.328 e. The SMILES string of the molecule is CNc1cc(N2CCc3c(-c4ccc(CN5CC6(CCN(C(=O)c7ccc(Cl)c(N8CCC(=O)NC8=O)c7)CC6(F)F)C5)cn4)cc(Cl)cc32)nn2c(C(=O)N[C@@H]3C[C@@H]3F)cnc12. The maximum absolute atomic E-state index is 16.0. The van der Waals surface area contributed by atoms with E-state index in [0.29, 0.717) is 47.4 Å². The Morgan fingerprint density at radius 1 is 0.937 bits per heavy atom. The Morgan fingerprint density at radius 3 is 2.44 bits per heavy atom. The van der Waals surface area contributed by atoms with Crippen molar-refractivity contribution < 1.29 is 32.3 Å². The highest BCUT2D eigenvalue weighted by Gasteiger charge is 2.62. The highest BCUT2D eigenvalue weighted by Crippen LogP contribution is 2.51. The summed E-state index contributed by atoms with van der Waals surface area (Å²) in [7, 11) is 1.75. The molecule has 5 amide bonds. The fourth-order valence-corrected chi connectivity index (χ4v) is 9.62. The number of nitrogens with one attached hydrogen (secondary N) is 3. The molecule has 2 aromatic carbocycles. The van der Waals surface area contributed by atoms with Crippen molar-refractivity contribution in [3.63, 3.8) is 0 Å². The molecule has 15 nitrogen and oxygen atoms in total. The van der Waals surface area contributed by atoms with E-state index in [0.717, 1.165) is 27.3 Å². The van der Waals surface area contributed by atoms with Gasteiger partial charge in [-0.1, -0.05) is 29.3 Å². The highest BCUT2D eigenvalue weighted by atomic mass is 35.5. The van der Waals surface area contributed by atoms with Crippen LogP contribution in [0.2, 0.25) is 10.0 Å². The van der Waals surface area contributed by atoms with Crippen LogP contribution < -0.4 is 25.8 Å². The molecule has 0 bridgehead atoms. The molecule has 10 rings (SSSR count). The zero-order valence-corrected chi connectivity index (χ0v) is 35.3. The molecule has 4 aliphatic heterocycles. The van der Waals surface area contributed by atoms with Crippen LogP contribution in [-0.2, 0) is 17.8 Å². The Bertz CT molecular complexity index is 2730. The topological polar surface area (TPSA) is 160 Å². The molecule has 3 N–H and O–H groups in total. The van der Waals surface area contributed by atoms with E-state index in [1.807, 2.05) is 40.1 Å². The molecule has 4 fully saturated rings. The minimum absolute atomic E-state index is 0.0612. The number of rotatable bonds is 9. The second-order valence-electron chi connectivity index (χ2n) is 16.8. The van der Waals surface area contributed by atoms with Crippen molar-refractivity contribution in [1.29, 1.82) is 0 Å². The number of fused-ring (bicyclic) bond motifs is 2. The van der Waals surface area contributed by atoms with Gasteiger partial charge in [0.05, 0.1) is 46.3 Å². The van der Waals surface area contributed by atoms with E-state index in [1.165, 1.54) is 33.8 Å². The molecular formula is C43H40Cl2F3N11O4. The molecule has 5 aliphatic rings. The van der Waals surface area contributed by atoms with Gasteiger partial charge in [-0.05, 0) is 60.4 Å². The van der Waals surface area contributed by atoms with Gasteiger partial charge in [0.2, 0.25) is 5.91 Å². The van der Waals surface area contributed by atoms with Crippen LogP contribution >= 0.6 is 23.2 Å². The number of halogens is 5. The van der Waals surface area contributed by atoms with Gasteiger partial charge in [-0.2, -0.15) is 0 Å². The Hall–Kier alpha value is -5.98. The molecule has 7 heterocycles. The number of carbonyl (C=O) groups is 4. The van der Waals surface area contributed by atoms with Gasteiger partial charge in [-0.3, -0.25) is 34.5 Å². The molecule has 5 aromatic rings. The van der Waals surface area contributed by atoms with Crippen molar-refractivity contribution in [2.45, 2.75) is 50.4 Å². The minimum Gasteiger partial charge on any atom is -0.385 e. The number of imide groups is 1. The summed E-state index contributed by atoms with van der Waals surface area (Å²) in [4.78, 5) is 66.2. The predicted octanol–water partition coefficient (Wildman–Crippen LogP) is 6.10. The lowest BCUT2D eigenvalue weighted by Gasteiger charge is -2.57. The van der Waals surface area contributed by atoms with E-state index in [2.05, 4.69) is 20.9 Å². The third-order valence-electron chi connectivity index (χ3n) is 12.7. The number of pyridine rings is 1. The Kier molecular flexibility index (Phi) is 10.0. The molecule has 2 atom stereocenters. The van der Waals surface area contributed by atoms with Crippen molar-refractivity contribution >= 4 is 75.5 Å². The molecule has 1 saturated carbocycles. The molecule has 0 radical (unpaired) electrons. The second-order valence-corrected chi connectivity index (χ2v) is 17.7. The fourth-order valence-electron chi connectivity index (χ4n) is 9.19. The second kappa shape index (κ2) is 15.4. The number of nitrogens with zero attached hydrogens (tertiary/aromatic N) is 8. The maximum atomic E-state index is 16.0. The Labute approximate surface area is 368 Å². The largest absolute Gasteiger partial charge is 0.385 e. The van der Waals surface area contributed by atoms with E-state index in [-0.39, 0.29) is 67.4 Å². The van der Waals surface area contributed by atoms with Crippen LogP contribution in [0.5, 0.6) is 0 Å². The molecule has 1 aliphatic carbocycles. The van der Waals surface area contributed by atoms with Gasteiger partial charge in [0.1, 0.15) is 6.17 Å². The number of anilines is 4. The summed E-state index contributed by atoms with van der Waals surface area (Å²) < 4.78 is 47.0. The maximum Gasteiger partial charge on any atom is 0.328 e. The number of piperidine rings is 1. The monoisotopic (exact) mass is 901 g/mol. The first-order valence-electron chi connectivity index (χ1n) is 20.6. The number of hydrogen-bond acceptors (Lipinski definition) is 10. The molecule has 63 heavy (non-hydrogen) atoms. The lowest BCUT2D eigenvalue weighted by Crippen LogP contribution is -2.70. The summed E-state index contributed by atoms with van der Waals surface area (Å²) in [5.74, 6) is -4.06. The van der Waals surface area contributed by atoms with Crippen molar-refractivity contribution in [3.05, 3.63) is 93.4 Å². The van der Waals surface area contributed by atoms with E-state index < -0.39 is 53.8 Å². The number of carbonyl (C=O) groups excluding carboxylic acids is 4. The number of alkyl halides is 3. The molecule has 0 unspecified atom stereocenters. The van der Waals surface area contributed by atoms with E-state index in [9.17, 15) is 23.6 Å². The van der Waals surface area contributed by atoms with Crippen LogP contribution in [0.3, 0.4) is 0 Å². The number of amides is 5. The van der Waals surface area contributed by atoms with Gasteiger partial charge in [0, 0.05) is 93.3 Å². The molecule has 20 heteroatoms. The first-order chi connectivity index (χ1) is 30.2. The number of benzene rings is 2. The first-order valence-corrected chi connectivity index (χ1v) is 21.3. The van der Waals surface area contributed by atoms with Gasteiger partial charge in [0.25, 0.3) is 17.7 Å². The Morgan fingerprint density at radius 2 is 1.73 bits per heavy atom. The number of urea groups is 1. The molecule has 326 valence electrons. The van der Waals surface area contributed by atoms with Gasteiger partial charge in [-0.25, -0.2) is 27.5 Å². The summed E-state index contributed by atoms with van der Waals surface area (Å²) in [6.45, 7) is 0.794. The van der Waals surface area contributed by atoms with Gasteiger partial charge in [0.15, 0.2) is 17.2 Å². The third-order valence-corrected chi connectivity index (χ3v) is 13.3. The number of aromatic nitrogens is 4. The number of likely N-dealkylation sites (tertiary alicyclic amines) is 2. The standard InChI is InChI=1S/C43H40Cl2F3N11O4/c1-49-32-16-36(54-59-35(18-51-38(32)59)39(61)52-31-15-29(31)46)57-9-6-26-27(13-25(44)14-33(26)57)30-5-2-23(17-50-30)19-55-20-42(21-55)8-11-56(22-43(42,47)48)40(62)24-3-4-28(45)34(12-24)58-10-7-37(60)53-41(58)63/h2-5,12-14,16-18,29,31,49H,6-11,15,19-22H2,1H3,(H,52,61)(H,53,60,63)/t29-,31+/m0/s1. The van der Waals surface area contributed by atoms with Gasteiger partial charge >= 0.3 is 6.03 Å². The molecule has 3 saturated heterocycles. The molecular weight excluding hydrogens is 862 g/mol. The van der Waals surface area contributed by atoms with Crippen molar-refractivity contribution in [2.75, 3.05) is 61.4 Å². The number of imidazole rings is 1. The molecule has 3 aromatic heterocycles. The zero-order chi connectivity index (χ0) is 43.9. The summed E-state index contributed by atoms with van der Waals surface area (Å²) in [6, 6.07) is 12.6. The molecule has 1 spiro atoms. The summed E-state index contributed by atoms with van der Waals surface area (Å²) in [5.41, 5.74) is 4.61. The van der Waals surface area contributed by atoms with Crippen LogP contribution in [0.15, 0.2) is 60.9 Å². The normalized spacial score (nSPS) is 21.3. The minimum atomic E-state index is -3.15. The highest BCUT2D eigenvalue weighted by molar-refractivity contribution is 6.34. The van der Waals surface area contributed by atoms with Gasteiger partial charge < -0.3 is 20.4 Å². The third kappa shape index (κ3) is 7.26. The van der Waals surface area contributed by atoms with Crippen LogP contribution in [0.1, 0.15) is 51.2 Å². The Balaban J connectivity index is 0.801. The summed E-state index contributed by atoms with van der Waals surface area (Å²) in [5, 5.41) is 13.5. The quantitative estimate of drug-likeness (QED) is 0.158.